The second kappa shape index (κ2) is 6.64. The van der Waals surface area contributed by atoms with Gasteiger partial charge in [0.1, 0.15) is 5.01 Å². The van der Waals surface area contributed by atoms with Gasteiger partial charge in [-0.05, 0) is 41.3 Å². The molecule has 0 aromatic carbocycles. The summed E-state index contributed by atoms with van der Waals surface area (Å²) in [5.74, 6) is 0. The molecule has 18 heavy (non-hydrogen) atoms. The second-order valence-corrected chi connectivity index (χ2v) is 7.24. The third-order valence-corrected chi connectivity index (χ3v) is 3.62. The van der Waals surface area contributed by atoms with E-state index < -0.39 is 0 Å². The van der Waals surface area contributed by atoms with Crippen molar-refractivity contribution in [2.24, 2.45) is 0 Å². The van der Waals surface area contributed by atoms with E-state index in [4.69, 9.17) is 4.98 Å². The highest BCUT2D eigenvalue weighted by Gasteiger charge is 2.14. The van der Waals surface area contributed by atoms with Crippen LogP contribution in [0.25, 0.3) is 0 Å². The summed E-state index contributed by atoms with van der Waals surface area (Å²) >= 11 is 1.85. The Hall–Kier alpha value is -0.450. The number of aromatic nitrogens is 1. The van der Waals surface area contributed by atoms with Crippen molar-refractivity contribution >= 4 is 11.3 Å². The van der Waals surface area contributed by atoms with E-state index in [0.717, 1.165) is 25.9 Å². The molecule has 1 aromatic heterocycles. The molecular formula is C14H27N3S. The number of rotatable bonds is 6. The van der Waals surface area contributed by atoms with Crippen LogP contribution >= 0.6 is 11.3 Å². The van der Waals surface area contributed by atoms with Gasteiger partial charge in [-0.3, -0.25) is 0 Å². The highest BCUT2D eigenvalue weighted by molar-refractivity contribution is 7.11. The van der Waals surface area contributed by atoms with E-state index in [0.29, 0.717) is 0 Å². The van der Waals surface area contributed by atoms with Gasteiger partial charge in [-0.1, -0.05) is 13.3 Å². The minimum absolute atomic E-state index is 0.162. The van der Waals surface area contributed by atoms with Gasteiger partial charge in [0.15, 0.2) is 0 Å². The van der Waals surface area contributed by atoms with Crippen molar-refractivity contribution in [3.05, 3.63) is 15.6 Å². The van der Waals surface area contributed by atoms with Crippen molar-refractivity contribution in [2.75, 3.05) is 14.1 Å². The molecule has 1 aromatic rings. The summed E-state index contributed by atoms with van der Waals surface area (Å²) in [4.78, 5) is 8.36. The Labute approximate surface area is 116 Å². The smallest absolute Gasteiger partial charge is 0.107 e. The van der Waals surface area contributed by atoms with E-state index in [1.54, 1.807) is 0 Å². The van der Waals surface area contributed by atoms with Crippen LogP contribution in [0.15, 0.2) is 0 Å². The van der Waals surface area contributed by atoms with Crippen LogP contribution in [0.2, 0.25) is 0 Å². The average molecular weight is 269 g/mol. The van der Waals surface area contributed by atoms with Gasteiger partial charge in [0.25, 0.3) is 0 Å². The lowest BCUT2D eigenvalue weighted by atomic mass is 10.1. The zero-order chi connectivity index (χ0) is 13.8. The Morgan fingerprint density at radius 2 is 1.94 bits per heavy atom. The number of nitrogens with zero attached hydrogens (tertiary/aromatic N) is 2. The molecule has 0 atom stereocenters. The quantitative estimate of drug-likeness (QED) is 0.860. The fraction of sp³-hybridized carbons (Fsp3) is 0.786. The van der Waals surface area contributed by atoms with Crippen LogP contribution in [0.4, 0.5) is 0 Å². The van der Waals surface area contributed by atoms with Gasteiger partial charge in [0.2, 0.25) is 0 Å². The molecule has 0 aliphatic rings. The molecule has 0 saturated carbocycles. The molecule has 0 amide bonds. The molecule has 0 aliphatic heterocycles. The monoisotopic (exact) mass is 269 g/mol. The van der Waals surface area contributed by atoms with Crippen molar-refractivity contribution in [3.8, 4) is 0 Å². The molecule has 0 unspecified atom stereocenters. The molecule has 0 saturated heterocycles. The Morgan fingerprint density at radius 3 is 2.44 bits per heavy atom. The minimum Gasteiger partial charge on any atom is -0.307 e. The van der Waals surface area contributed by atoms with Gasteiger partial charge < -0.3 is 10.2 Å². The zero-order valence-corrected chi connectivity index (χ0v) is 13.4. The van der Waals surface area contributed by atoms with E-state index in [2.05, 4.69) is 52.0 Å². The number of thiazole rings is 1. The average Bonchev–Trinajstić information content (AvgIpc) is 2.56. The lowest BCUT2D eigenvalue weighted by molar-refractivity contribution is 0.401. The predicted molar refractivity (Wildman–Crippen MR) is 80.1 cm³/mol. The molecule has 0 bridgehead atoms. The largest absolute Gasteiger partial charge is 0.307 e. The Bertz CT molecular complexity index is 364. The number of aryl methyl sites for hydroxylation is 1. The van der Waals surface area contributed by atoms with Gasteiger partial charge >= 0.3 is 0 Å². The van der Waals surface area contributed by atoms with Crippen molar-refractivity contribution < 1.29 is 0 Å². The second-order valence-electron chi connectivity index (χ2n) is 6.07. The topological polar surface area (TPSA) is 28.2 Å². The van der Waals surface area contributed by atoms with Crippen LogP contribution < -0.4 is 5.32 Å². The molecule has 0 fully saturated rings. The summed E-state index contributed by atoms with van der Waals surface area (Å²) in [6.45, 7) is 10.7. The van der Waals surface area contributed by atoms with E-state index in [1.165, 1.54) is 15.6 Å². The maximum absolute atomic E-state index is 4.78. The van der Waals surface area contributed by atoms with Crippen LogP contribution in [0.1, 0.15) is 49.7 Å². The summed E-state index contributed by atoms with van der Waals surface area (Å²) in [5, 5.41) is 4.79. The third kappa shape index (κ3) is 5.46. The summed E-state index contributed by atoms with van der Waals surface area (Å²) in [7, 11) is 4.18. The van der Waals surface area contributed by atoms with Crippen LogP contribution in [0.3, 0.4) is 0 Å². The number of nitrogens with one attached hydrogen (secondary N) is 1. The first kappa shape index (κ1) is 15.6. The molecule has 104 valence electrons. The fourth-order valence-electron chi connectivity index (χ4n) is 1.69. The molecule has 1 rings (SSSR count). The molecular weight excluding hydrogens is 242 g/mol. The third-order valence-electron chi connectivity index (χ3n) is 2.54. The maximum Gasteiger partial charge on any atom is 0.107 e. The first-order chi connectivity index (χ1) is 8.31. The van der Waals surface area contributed by atoms with Crippen molar-refractivity contribution in [1.29, 1.82) is 0 Å². The number of hydrogen-bond donors (Lipinski definition) is 1. The first-order valence-corrected chi connectivity index (χ1v) is 7.50. The van der Waals surface area contributed by atoms with E-state index in [1.807, 2.05) is 11.3 Å². The van der Waals surface area contributed by atoms with Gasteiger partial charge in [-0.2, -0.15) is 0 Å². The fourth-order valence-corrected chi connectivity index (χ4v) is 2.86. The number of hydrogen-bond acceptors (Lipinski definition) is 4. The Kier molecular flexibility index (Phi) is 5.76. The van der Waals surface area contributed by atoms with Crippen LogP contribution in [0.5, 0.6) is 0 Å². The highest BCUT2D eigenvalue weighted by Crippen LogP contribution is 2.21. The SMILES string of the molecule is CCCc1nc(CN(C)C)sc1CNC(C)(C)C. The van der Waals surface area contributed by atoms with Gasteiger partial charge in [0.05, 0.1) is 5.69 Å². The van der Waals surface area contributed by atoms with E-state index >= 15 is 0 Å². The molecule has 4 heteroatoms. The standard InChI is InChI=1S/C14H27N3S/c1-7-8-11-12(9-15-14(2,3)4)18-13(16-11)10-17(5)6/h15H,7-10H2,1-6H3. The molecule has 0 radical (unpaired) electrons. The highest BCUT2D eigenvalue weighted by atomic mass is 32.1. The Balaban J connectivity index is 2.77. The van der Waals surface area contributed by atoms with E-state index in [-0.39, 0.29) is 5.54 Å². The first-order valence-electron chi connectivity index (χ1n) is 6.69. The maximum atomic E-state index is 4.78. The lowest BCUT2D eigenvalue weighted by Crippen LogP contribution is -2.35. The normalized spacial score (nSPS) is 12.4. The van der Waals surface area contributed by atoms with Gasteiger partial charge in [-0.25, -0.2) is 4.98 Å². The van der Waals surface area contributed by atoms with Crippen molar-refractivity contribution in [3.63, 3.8) is 0 Å². The van der Waals surface area contributed by atoms with E-state index in [9.17, 15) is 0 Å². The molecule has 0 spiro atoms. The Morgan fingerprint density at radius 1 is 1.28 bits per heavy atom. The summed E-state index contributed by atoms with van der Waals surface area (Å²) in [5.41, 5.74) is 1.45. The summed E-state index contributed by atoms with van der Waals surface area (Å²) in [6.07, 6.45) is 2.25. The molecule has 3 nitrogen and oxygen atoms in total. The van der Waals surface area contributed by atoms with Crippen molar-refractivity contribution in [1.82, 2.24) is 15.2 Å². The van der Waals surface area contributed by atoms with Crippen LogP contribution in [0, 0.1) is 0 Å². The summed E-state index contributed by atoms with van der Waals surface area (Å²) < 4.78 is 0. The predicted octanol–water partition coefficient (Wildman–Crippen LogP) is 3.05. The zero-order valence-electron chi connectivity index (χ0n) is 12.6. The van der Waals surface area contributed by atoms with Gasteiger partial charge in [-0.15, -0.1) is 11.3 Å². The minimum atomic E-state index is 0.162. The molecule has 0 aliphatic carbocycles. The van der Waals surface area contributed by atoms with Crippen LogP contribution in [-0.2, 0) is 19.5 Å². The molecule has 1 N–H and O–H groups in total. The van der Waals surface area contributed by atoms with Crippen LogP contribution in [-0.4, -0.2) is 29.5 Å². The molecule has 1 heterocycles. The van der Waals surface area contributed by atoms with Crippen molar-refractivity contribution in [2.45, 2.75) is 59.2 Å². The summed E-state index contributed by atoms with van der Waals surface area (Å²) in [6, 6.07) is 0. The lowest BCUT2D eigenvalue weighted by Gasteiger charge is -2.20. The van der Waals surface area contributed by atoms with Gasteiger partial charge in [0, 0.05) is 23.5 Å².